The van der Waals surface area contributed by atoms with Crippen molar-refractivity contribution < 1.29 is 14.3 Å². The minimum atomic E-state index is -1.32. The lowest BCUT2D eigenvalue weighted by atomic mass is 10.1. The Balaban J connectivity index is 3.31. The Morgan fingerprint density at radius 2 is 2.07 bits per heavy atom. The lowest BCUT2D eigenvalue weighted by molar-refractivity contribution is 0.0692. The summed E-state index contributed by atoms with van der Waals surface area (Å²) in [6.07, 6.45) is 0. The van der Waals surface area contributed by atoms with Gasteiger partial charge in [0.15, 0.2) is 0 Å². The molecule has 0 heterocycles. The average Bonchev–Trinajstić information content (AvgIpc) is 2.07. The molecule has 76 valence electrons. The van der Waals surface area contributed by atoms with Crippen LogP contribution in [0.4, 0.5) is 15.8 Å². The number of hydrogen-bond acceptors (Lipinski definition) is 3. The molecule has 4 nitrogen and oxygen atoms in total. The van der Waals surface area contributed by atoms with Gasteiger partial charge in [-0.05, 0) is 6.07 Å². The molecule has 1 aromatic carbocycles. The Kier molecular flexibility index (Phi) is 2.60. The molecule has 0 aliphatic heterocycles. The highest BCUT2D eigenvalue weighted by molar-refractivity contribution is 5.90. The van der Waals surface area contributed by atoms with Crippen LogP contribution in [0.5, 0.6) is 0 Å². The monoisotopic (exact) mass is 198 g/mol. The normalized spacial score (nSPS) is 9.93. The quantitative estimate of drug-likeness (QED) is 0.700. The second-order valence-electron chi connectivity index (χ2n) is 3.09. The molecule has 0 bridgehead atoms. The van der Waals surface area contributed by atoms with Gasteiger partial charge < -0.3 is 15.7 Å². The largest absolute Gasteiger partial charge is 0.478 e. The molecular weight excluding hydrogens is 187 g/mol. The first-order valence-corrected chi connectivity index (χ1v) is 3.93. The average molecular weight is 198 g/mol. The van der Waals surface area contributed by atoms with Gasteiger partial charge in [-0.25, -0.2) is 9.18 Å². The van der Waals surface area contributed by atoms with Crippen LogP contribution in [-0.2, 0) is 0 Å². The maximum absolute atomic E-state index is 13.2. The van der Waals surface area contributed by atoms with E-state index in [2.05, 4.69) is 0 Å². The fraction of sp³-hybridized carbons (Fsp3) is 0.222. The Morgan fingerprint density at radius 3 is 2.50 bits per heavy atom. The third kappa shape index (κ3) is 1.76. The number of carboxylic acid groups (broad SMARTS) is 1. The van der Waals surface area contributed by atoms with Crippen molar-refractivity contribution in [1.29, 1.82) is 0 Å². The molecule has 5 heteroatoms. The molecule has 0 aliphatic rings. The number of halogens is 1. The highest BCUT2D eigenvalue weighted by Crippen LogP contribution is 2.24. The highest BCUT2D eigenvalue weighted by Gasteiger charge is 2.14. The Bertz CT molecular complexity index is 377. The molecule has 0 saturated carbocycles. The highest BCUT2D eigenvalue weighted by atomic mass is 19.1. The summed E-state index contributed by atoms with van der Waals surface area (Å²) in [5, 5.41) is 8.61. The van der Waals surface area contributed by atoms with Crippen LogP contribution in [-0.4, -0.2) is 25.2 Å². The number of carboxylic acids is 1. The van der Waals surface area contributed by atoms with Crippen molar-refractivity contribution in [3.8, 4) is 0 Å². The number of nitrogens with two attached hydrogens (primary N) is 1. The number of aromatic carboxylic acids is 1. The number of nitrogens with zero attached hydrogens (tertiary/aromatic N) is 1. The van der Waals surface area contributed by atoms with Gasteiger partial charge in [0.05, 0.1) is 16.9 Å². The van der Waals surface area contributed by atoms with Crippen molar-refractivity contribution in [2.75, 3.05) is 24.7 Å². The minimum absolute atomic E-state index is 0.244. The second kappa shape index (κ2) is 3.53. The summed E-state index contributed by atoms with van der Waals surface area (Å²) in [5.74, 6) is -2.10. The number of benzene rings is 1. The van der Waals surface area contributed by atoms with Crippen LogP contribution in [0.2, 0.25) is 0 Å². The van der Waals surface area contributed by atoms with Gasteiger partial charge in [-0.2, -0.15) is 0 Å². The van der Waals surface area contributed by atoms with Crippen molar-refractivity contribution in [3.05, 3.63) is 23.5 Å². The van der Waals surface area contributed by atoms with Crippen molar-refractivity contribution in [2.24, 2.45) is 0 Å². The lowest BCUT2D eigenvalue weighted by Gasteiger charge is -2.15. The van der Waals surface area contributed by atoms with Crippen molar-refractivity contribution >= 4 is 17.3 Å². The number of rotatable bonds is 2. The Hall–Kier alpha value is -1.78. The molecule has 0 spiro atoms. The zero-order valence-corrected chi connectivity index (χ0v) is 7.91. The van der Waals surface area contributed by atoms with Gasteiger partial charge in [-0.3, -0.25) is 0 Å². The van der Waals surface area contributed by atoms with Crippen LogP contribution < -0.4 is 10.6 Å². The first-order chi connectivity index (χ1) is 6.43. The van der Waals surface area contributed by atoms with E-state index in [4.69, 9.17) is 10.8 Å². The van der Waals surface area contributed by atoms with Crippen molar-refractivity contribution in [3.63, 3.8) is 0 Å². The molecule has 0 aromatic heterocycles. The van der Waals surface area contributed by atoms with E-state index >= 15 is 0 Å². The Labute approximate surface area is 80.7 Å². The number of anilines is 2. The van der Waals surface area contributed by atoms with Gasteiger partial charge in [0.2, 0.25) is 0 Å². The van der Waals surface area contributed by atoms with Gasteiger partial charge in [-0.15, -0.1) is 0 Å². The molecule has 1 aromatic rings. The van der Waals surface area contributed by atoms with E-state index < -0.39 is 17.3 Å². The van der Waals surface area contributed by atoms with E-state index in [9.17, 15) is 9.18 Å². The first-order valence-electron chi connectivity index (χ1n) is 3.93. The predicted octanol–water partition coefficient (Wildman–Crippen LogP) is 1.17. The number of hydrogen-bond donors (Lipinski definition) is 2. The number of carbonyl (C=O) groups is 1. The zero-order valence-electron chi connectivity index (χ0n) is 7.91. The summed E-state index contributed by atoms with van der Waals surface area (Å²) >= 11 is 0. The van der Waals surface area contributed by atoms with E-state index in [1.54, 1.807) is 19.0 Å². The van der Waals surface area contributed by atoms with E-state index in [1.165, 1.54) is 0 Å². The molecule has 14 heavy (non-hydrogen) atoms. The SMILES string of the molecule is CN(C)c1cc(F)c(C(=O)O)cc1N. The van der Waals surface area contributed by atoms with E-state index in [0.717, 1.165) is 12.1 Å². The summed E-state index contributed by atoms with van der Waals surface area (Å²) in [5.41, 5.74) is 5.86. The van der Waals surface area contributed by atoms with Gasteiger partial charge in [0, 0.05) is 20.2 Å². The maximum Gasteiger partial charge on any atom is 0.338 e. The van der Waals surface area contributed by atoms with Crippen LogP contribution in [0.1, 0.15) is 10.4 Å². The summed E-state index contributed by atoms with van der Waals surface area (Å²) < 4.78 is 13.2. The third-order valence-corrected chi connectivity index (χ3v) is 1.83. The fourth-order valence-corrected chi connectivity index (χ4v) is 1.13. The topological polar surface area (TPSA) is 66.6 Å². The van der Waals surface area contributed by atoms with Gasteiger partial charge in [-0.1, -0.05) is 0 Å². The number of nitrogen functional groups attached to an aromatic ring is 1. The van der Waals surface area contributed by atoms with Crippen LogP contribution in [0.3, 0.4) is 0 Å². The van der Waals surface area contributed by atoms with Gasteiger partial charge in [0.25, 0.3) is 0 Å². The molecular formula is C9H11FN2O2. The maximum atomic E-state index is 13.2. The Morgan fingerprint density at radius 1 is 1.50 bits per heavy atom. The van der Waals surface area contributed by atoms with Crippen LogP contribution in [0.15, 0.2) is 12.1 Å². The summed E-state index contributed by atoms with van der Waals surface area (Å²) in [6, 6.07) is 2.23. The molecule has 0 aliphatic carbocycles. The molecule has 0 saturated heterocycles. The fourth-order valence-electron chi connectivity index (χ4n) is 1.13. The predicted molar refractivity (Wildman–Crippen MR) is 52.1 cm³/mol. The second-order valence-corrected chi connectivity index (χ2v) is 3.09. The smallest absolute Gasteiger partial charge is 0.338 e. The summed E-state index contributed by atoms with van der Waals surface area (Å²) in [6.45, 7) is 0. The lowest BCUT2D eigenvalue weighted by Crippen LogP contribution is -2.13. The molecule has 0 unspecified atom stereocenters. The summed E-state index contributed by atoms with van der Waals surface area (Å²) in [4.78, 5) is 12.2. The zero-order chi connectivity index (χ0) is 10.9. The van der Waals surface area contributed by atoms with Crippen LogP contribution in [0, 0.1) is 5.82 Å². The first kappa shape index (κ1) is 10.3. The molecule has 0 atom stereocenters. The van der Waals surface area contributed by atoms with Crippen molar-refractivity contribution in [2.45, 2.75) is 0 Å². The summed E-state index contributed by atoms with van der Waals surface area (Å²) in [7, 11) is 3.40. The van der Waals surface area contributed by atoms with Gasteiger partial charge in [0.1, 0.15) is 5.82 Å². The minimum Gasteiger partial charge on any atom is -0.478 e. The molecule has 0 radical (unpaired) electrons. The molecule has 0 fully saturated rings. The molecule has 3 N–H and O–H groups in total. The van der Waals surface area contributed by atoms with Crippen LogP contribution in [0.25, 0.3) is 0 Å². The van der Waals surface area contributed by atoms with Gasteiger partial charge >= 0.3 is 5.97 Å². The van der Waals surface area contributed by atoms with E-state index in [0.29, 0.717) is 5.69 Å². The third-order valence-electron chi connectivity index (χ3n) is 1.83. The van der Waals surface area contributed by atoms with E-state index in [1.807, 2.05) is 0 Å². The molecule has 0 amide bonds. The standard InChI is InChI=1S/C9H11FN2O2/c1-12(2)8-4-6(10)5(9(13)14)3-7(8)11/h3-4H,11H2,1-2H3,(H,13,14). The van der Waals surface area contributed by atoms with Crippen LogP contribution >= 0.6 is 0 Å². The van der Waals surface area contributed by atoms with Crippen molar-refractivity contribution in [1.82, 2.24) is 0 Å². The van der Waals surface area contributed by atoms with E-state index in [-0.39, 0.29) is 5.69 Å². The molecule has 1 rings (SSSR count).